The maximum Gasteiger partial charge on any atom is 0.347 e. The van der Waals surface area contributed by atoms with Gasteiger partial charge in [0, 0.05) is 11.3 Å². The van der Waals surface area contributed by atoms with Crippen molar-refractivity contribution in [1.82, 2.24) is 4.98 Å². The van der Waals surface area contributed by atoms with Crippen LogP contribution in [0.25, 0.3) is 0 Å². The van der Waals surface area contributed by atoms with Crippen molar-refractivity contribution >= 4 is 17.3 Å². The second kappa shape index (κ2) is 7.59. The van der Waals surface area contributed by atoms with Crippen molar-refractivity contribution in [2.45, 2.75) is 18.9 Å². The zero-order valence-electron chi connectivity index (χ0n) is 13.9. The largest absolute Gasteiger partial charge is 0.463 e. The summed E-state index contributed by atoms with van der Waals surface area (Å²) < 4.78 is 5.43. The summed E-state index contributed by atoms with van der Waals surface area (Å²) >= 11 is 1.54. The minimum absolute atomic E-state index is 0.198. The summed E-state index contributed by atoms with van der Waals surface area (Å²) in [6, 6.07) is 17.7. The molecule has 0 saturated carbocycles. The van der Waals surface area contributed by atoms with Crippen LogP contribution >= 0.6 is 11.3 Å². The average molecular weight is 353 g/mol. The maximum absolute atomic E-state index is 12.8. The van der Waals surface area contributed by atoms with E-state index in [1.807, 2.05) is 19.1 Å². The summed E-state index contributed by atoms with van der Waals surface area (Å²) in [6.45, 7) is 2.13. The lowest BCUT2D eigenvalue weighted by Gasteiger charge is -2.27. The fourth-order valence-corrected chi connectivity index (χ4v) is 3.43. The topological polar surface area (TPSA) is 59.4 Å². The Labute approximate surface area is 150 Å². The number of aryl methyl sites for hydroxylation is 1. The number of aromatic nitrogens is 1. The van der Waals surface area contributed by atoms with Crippen LogP contribution in [0.3, 0.4) is 0 Å². The van der Waals surface area contributed by atoms with Crippen LogP contribution in [-0.2, 0) is 21.6 Å². The van der Waals surface area contributed by atoms with Gasteiger partial charge < -0.3 is 9.84 Å². The summed E-state index contributed by atoms with van der Waals surface area (Å²) in [4.78, 5) is 18.1. The van der Waals surface area contributed by atoms with Crippen molar-refractivity contribution in [2.75, 3.05) is 6.61 Å². The zero-order chi connectivity index (χ0) is 17.7. The number of carbonyl (C=O) groups excluding carboxylic acids is 1. The van der Waals surface area contributed by atoms with Crippen molar-refractivity contribution < 1.29 is 14.6 Å². The van der Waals surface area contributed by atoms with E-state index < -0.39 is 11.6 Å². The summed E-state index contributed by atoms with van der Waals surface area (Å²) in [7, 11) is 0. The van der Waals surface area contributed by atoms with Crippen molar-refractivity contribution in [2.24, 2.45) is 0 Å². The van der Waals surface area contributed by atoms with Gasteiger partial charge in [-0.15, -0.1) is 11.3 Å². The number of ether oxygens (including phenoxy) is 1. The van der Waals surface area contributed by atoms with E-state index in [9.17, 15) is 9.90 Å². The van der Waals surface area contributed by atoms with E-state index >= 15 is 0 Å². The molecule has 4 nitrogen and oxygen atoms in total. The molecule has 1 heterocycles. The minimum Gasteiger partial charge on any atom is -0.463 e. The standard InChI is InChI=1S/C20H19NO3S/c1-15-18(25-14-21-15)12-13-24-19(22)20(23,16-8-4-2-5-9-16)17-10-6-3-7-11-17/h2-11,14,23H,12-13H2,1H3. The molecule has 0 atom stereocenters. The Balaban J connectivity index is 1.82. The predicted octanol–water partition coefficient (Wildman–Crippen LogP) is 3.47. The molecule has 1 N–H and O–H groups in total. The quantitative estimate of drug-likeness (QED) is 0.689. The molecule has 3 aromatic rings. The molecule has 25 heavy (non-hydrogen) atoms. The van der Waals surface area contributed by atoms with Crippen molar-refractivity contribution in [3.05, 3.63) is 87.9 Å². The molecule has 0 radical (unpaired) electrons. The highest BCUT2D eigenvalue weighted by molar-refractivity contribution is 7.09. The van der Waals surface area contributed by atoms with Crippen molar-refractivity contribution in [1.29, 1.82) is 0 Å². The van der Waals surface area contributed by atoms with Crippen LogP contribution in [0.1, 0.15) is 21.7 Å². The number of aliphatic hydroxyl groups is 1. The van der Waals surface area contributed by atoms with Gasteiger partial charge in [0.05, 0.1) is 17.8 Å². The third kappa shape index (κ3) is 3.62. The Kier molecular flexibility index (Phi) is 5.26. The summed E-state index contributed by atoms with van der Waals surface area (Å²) in [5.41, 5.74) is 1.87. The van der Waals surface area contributed by atoms with E-state index in [0.29, 0.717) is 17.5 Å². The van der Waals surface area contributed by atoms with Crippen LogP contribution < -0.4 is 0 Å². The van der Waals surface area contributed by atoms with Crippen LogP contribution in [0, 0.1) is 6.92 Å². The highest BCUT2D eigenvalue weighted by atomic mass is 32.1. The van der Waals surface area contributed by atoms with Gasteiger partial charge in [-0.2, -0.15) is 0 Å². The van der Waals surface area contributed by atoms with E-state index in [2.05, 4.69) is 4.98 Å². The van der Waals surface area contributed by atoms with Gasteiger partial charge in [-0.1, -0.05) is 60.7 Å². The molecule has 0 spiro atoms. The lowest BCUT2D eigenvalue weighted by molar-refractivity contribution is -0.162. The first-order valence-electron chi connectivity index (χ1n) is 8.02. The Morgan fingerprint density at radius 2 is 1.64 bits per heavy atom. The fourth-order valence-electron chi connectivity index (χ4n) is 2.67. The fraction of sp³-hybridized carbons (Fsp3) is 0.200. The smallest absolute Gasteiger partial charge is 0.347 e. The number of hydrogen-bond acceptors (Lipinski definition) is 5. The van der Waals surface area contributed by atoms with E-state index in [-0.39, 0.29) is 6.61 Å². The number of hydrogen-bond donors (Lipinski definition) is 1. The molecule has 128 valence electrons. The first kappa shape index (κ1) is 17.3. The van der Waals surface area contributed by atoms with E-state index in [1.165, 1.54) is 11.3 Å². The molecule has 0 aliphatic heterocycles. The molecule has 1 aromatic heterocycles. The van der Waals surface area contributed by atoms with E-state index in [0.717, 1.165) is 10.6 Å². The van der Waals surface area contributed by atoms with Gasteiger partial charge in [0.25, 0.3) is 0 Å². The van der Waals surface area contributed by atoms with Gasteiger partial charge in [0.15, 0.2) is 0 Å². The van der Waals surface area contributed by atoms with Gasteiger partial charge in [-0.3, -0.25) is 0 Å². The number of benzene rings is 2. The van der Waals surface area contributed by atoms with Crippen LogP contribution in [0.2, 0.25) is 0 Å². The maximum atomic E-state index is 12.8. The molecule has 5 heteroatoms. The molecule has 0 unspecified atom stereocenters. The van der Waals surface area contributed by atoms with Crippen LogP contribution in [0.4, 0.5) is 0 Å². The second-order valence-electron chi connectivity index (χ2n) is 5.69. The average Bonchev–Trinajstić information content (AvgIpc) is 3.07. The summed E-state index contributed by atoms with van der Waals surface area (Å²) in [5.74, 6) is -0.674. The predicted molar refractivity (Wildman–Crippen MR) is 97.4 cm³/mol. The number of thiazole rings is 1. The molecule has 0 fully saturated rings. The highest BCUT2D eigenvalue weighted by Gasteiger charge is 2.41. The zero-order valence-corrected chi connectivity index (χ0v) is 14.7. The summed E-state index contributed by atoms with van der Waals surface area (Å²) in [5, 5.41) is 11.2. The van der Waals surface area contributed by atoms with Gasteiger partial charge >= 0.3 is 5.97 Å². The Morgan fingerprint density at radius 1 is 1.08 bits per heavy atom. The Bertz CT molecular complexity index is 791. The molecule has 0 amide bonds. The Morgan fingerprint density at radius 3 is 2.12 bits per heavy atom. The molecule has 3 rings (SSSR count). The van der Waals surface area contributed by atoms with Crippen LogP contribution in [0.5, 0.6) is 0 Å². The second-order valence-corrected chi connectivity index (χ2v) is 6.63. The van der Waals surface area contributed by atoms with Gasteiger partial charge in [0.1, 0.15) is 0 Å². The van der Waals surface area contributed by atoms with Crippen molar-refractivity contribution in [3.63, 3.8) is 0 Å². The minimum atomic E-state index is -1.83. The third-order valence-electron chi connectivity index (χ3n) is 4.09. The molecular weight excluding hydrogens is 334 g/mol. The lowest BCUT2D eigenvalue weighted by Crippen LogP contribution is -2.38. The molecule has 2 aromatic carbocycles. The SMILES string of the molecule is Cc1ncsc1CCOC(=O)C(O)(c1ccccc1)c1ccccc1. The molecule has 0 saturated heterocycles. The highest BCUT2D eigenvalue weighted by Crippen LogP contribution is 2.31. The Hall–Kier alpha value is -2.50. The number of esters is 1. The molecule has 0 aliphatic rings. The van der Waals surface area contributed by atoms with Crippen molar-refractivity contribution in [3.8, 4) is 0 Å². The normalized spacial score (nSPS) is 11.3. The lowest BCUT2D eigenvalue weighted by atomic mass is 9.86. The number of rotatable bonds is 6. The van der Waals surface area contributed by atoms with Gasteiger partial charge in [0.2, 0.25) is 5.60 Å². The molecule has 0 bridgehead atoms. The van der Waals surface area contributed by atoms with E-state index in [1.54, 1.807) is 54.0 Å². The van der Waals surface area contributed by atoms with E-state index in [4.69, 9.17) is 4.74 Å². The number of nitrogens with zero attached hydrogens (tertiary/aromatic N) is 1. The van der Waals surface area contributed by atoms with Crippen LogP contribution in [-0.4, -0.2) is 22.7 Å². The van der Waals surface area contributed by atoms with Gasteiger partial charge in [-0.05, 0) is 18.1 Å². The molecule has 0 aliphatic carbocycles. The number of carbonyl (C=O) groups is 1. The summed E-state index contributed by atoms with van der Waals surface area (Å²) in [6.07, 6.45) is 0.585. The molecular formula is C20H19NO3S. The third-order valence-corrected chi connectivity index (χ3v) is 5.08. The van der Waals surface area contributed by atoms with Crippen LogP contribution in [0.15, 0.2) is 66.2 Å². The monoisotopic (exact) mass is 353 g/mol. The first-order chi connectivity index (χ1) is 12.1. The first-order valence-corrected chi connectivity index (χ1v) is 8.90. The van der Waals surface area contributed by atoms with Gasteiger partial charge in [-0.25, -0.2) is 9.78 Å².